The summed E-state index contributed by atoms with van der Waals surface area (Å²) < 4.78 is 24.7. The van der Waals surface area contributed by atoms with Gasteiger partial charge in [-0.05, 0) is 23.7 Å². The fraction of sp³-hybridized carbons (Fsp3) is 0.143. The van der Waals surface area contributed by atoms with Gasteiger partial charge in [0.2, 0.25) is 0 Å². The lowest BCUT2D eigenvalue weighted by Crippen LogP contribution is -1.99. The van der Waals surface area contributed by atoms with Crippen molar-refractivity contribution in [2.75, 3.05) is 0 Å². The van der Waals surface area contributed by atoms with Gasteiger partial charge in [-0.1, -0.05) is 15.9 Å². The Kier molecular flexibility index (Phi) is 3.33. The largest absolute Gasteiger partial charge is 0.280 e. The third kappa shape index (κ3) is 2.70. The molecule has 0 aliphatic carbocycles. The van der Waals surface area contributed by atoms with Gasteiger partial charge in [-0.15, -0.1) is 0 Å². The van der Waals surface area contributed by atoms with Gasteiger partial charge in [0.1, 0.15) is 11.4 Å². The zero-order valence-electron chi connectivity index (χ0n) is 6.10. The standard InChI is InChI=1S/C7H3BrClF2NO/c8-3-1-4(6(9)13)12-5(2-3)7(10)11/h1-2,7H. The van der Waals surface area contributed by atoms with Crippen LogP contribution in [-0.2, 0) is 0 Å². The first kappa shape index (κ1) is 10.5. The second-order valence-electron chi connectivity index (χ2n) is 2.17. The molecular weight excluding hydrogens is 267 g/mol. The van der Waals surface area contributed by atoms with E-state index in [-0.39, 0.29) is 5.69 Å². The zero-order valence-corrected chi connectivity index (χ0v) is 8.44. The molecule has 0 bridgehead atoms. The van der Waals surface area contributed by atoms with Crippen molar-refractivity contribution in [3.05, 3.63) is 28.0 Å². The molecule has 0 aromatic carbocycles. The highest BCUT2D eigenvalue weighted by Gasteiger charge is 2.13. The molecule has 13 heavy (non-hydrogen) atoms. The van der Waals surface area contributed by atoms with Crippen LogP contribution in [-0.4, -0.2) is 10.2 Å². The fourth-order valence-corrected chi connectivity index (χ4v) is 1.28. The Bertz CT molecular complexity index is 345. The minimum atomic E-state index is -2.72. The minimum Gasteiger partial charge on any atom is -0.274 e. The maximum atomic E-state index is 12.2. The van der Waals surface area contributed by atoms with Crippen molar-refractivity contribution in [2.45, 2.75) is 6.43 Å². The summed E-state index contributed by atoms with van der Waals surface area (Å²) in [5, 5.41) is -0.858. The lowest BCUT2D eigenvalue weighted by Gasteiger charge is -2.01. The Morgan fingerprint density at radius 1 is 1.54 bits per heavy atom. The van der Waals surface area contributed by atoms with Gasteiger partial charge in [0.15, 0.2) is 0 Å². The number of nitrogens with zero attached hydrogens (tertiary/aromatic N) is 1. The number of rotatable bonds is 2. The molecule has 0 aliphatic heterocycles. The quantitative estimate of drug-likeness (QED) is 0.773. The fourth-order valence-electron chi connectivity index (χ4n) is 0.730. The van der Waals surface area contributed by atoms with Gasteiger partial charge in [0.25, 0.3) is 11.7 Å². The van der Waals surface area contributed by atoms with E-state index < -0.39 is 17.4 Å². The number of carbonyl (C=O) groups is 1. The molecule has 0 N–H and O–H groups in total. The number of carbonyl (C=O) groups excluding carboxylic acids is 1. The molecule has 2 nitrogen and oxygen atoms in total. The molecule has 0 amide bonds. The number of hydrogen-bond donors (Lipinski definition) is 0. The van der Waals surface area contributed by atoms with Crippen LogP contribution in [0.3, 0.4) is 0 Å². The Hall–Kier alpha value is -0.550. The molecule has 0 unspecified atom stereocenters. The number of pyridine rings is 1. The lowest BCUT2D eigenvalue weighted by atomic mass is 10.3. The van der Waals surface area contributed by atoms with Crippen molar-refractivity contribution in [1.29, 1.82) is 0 Å². The van der Waals surface area contributed by atoms with Crippen LogP contribution in [0.5, 0.6) is 0 Å². The zero-order chi connectivity index (χ0) is 10.0. The normalized spacial score (nSPS) is 10.5. The maximum Gasteiger partial charge on any atom is 0.280 e. The van der Waals surface area contributed by atoms with E-state index >= 15 is 0 Å². The summed E-state index contributed by atoms with van der Waals surface area (Å²) in [5.41, 5.74) is -0.662. The van der Waals surface area contributed by atoms with Crippen LogP contribution in [0.15, 0.2) is 16.6 Å². The van der Waals surface area contributed by atoms with Crippen molar-refractivity contribution in [2.24, 2.45) is 0 Å². The summed E-state index contributed by atoms with van der Waals surface area (Å²) in [7, 11) is 0. The highest BCUT2D eigenvalue weighted by atomic mass is 79.9. The molecule has 0 spiro atoms. The molecule has 1 rings (SSSR count). The van der Waals surface area contributed by atoms with Crippen molar-refractivity contribution < 1.29 is 13.6 Å². The van der Waals surface area contributed by atoms with Crippen LogP contribution in [0.2, 0.25) is 0 Å². The van der Waals surface area contributed by atoms with E-state index in [4.69, 9.17) is 11.6 Å². The van der Waals surface area contributed by atoms with Crippen LogP contribution in [0.1, 0.15) is 22.6 Å². The smallest absolute Gasteiger partial charge is 0.274 e. The van der Waals surface area contributed by atoms with Gasteiger partial charge in [-0.3, -0.25) is 4.79 Å². The van der Waals surface area contributed by atoms with Crippen LogP contribution in [0.25, 0.3) is 0 Å². The van der Waals surface area contributed by atoms with E-state index in [0.717, 1.165) is 6.07 Å². The van der Waals surface area contributed by atoms with Crippen LogP contribution in [0.4, 0.5) is 8.78 Å². The van der Waals surface area contributed by atoms with Crippen molar-refractivity contribution in [3.8, 4) is 0 Å². The molecule has 70 valence electrons. The van der Waals surface area contributed by atoms with Gasteiger partial charge >= 0.3 is 0 Å². The third-order valence-electron chi connectivity index (χ3n) is 1.23. The van der Waals surface area contributed by atoms with Crippen LogP contribution in [0, 0.1) is 0 Å². The van der Waals surface area contributed by atoms with Gasteiger partial charge in [0.05, 0.1) is 0 Å². The highest BCUT2D eigenvalue weighted by molar-refractivity contribution is 9.10. The Labute approximate surface area is 86.0 Å². The van der Waals surface area contributed by atoms with Crippen LogP contribution >= 0.6 is 27.5 Å². The summed E-state index contributed by atoms with van der Waals surface area (Å²) in [6, 6.07) is 2.41. The molecule has 0 radical (unpaired) electrons. The number of aromatic nitrogens is 1. The summed E-state index contributed by atoms with van der Waals surface area (Å²) >= 11 is 8.05. The SMILES string of the molecule is O=C(Cl)c1cc(Br)cc(C(F)F)n1. The number of hydrogen-bond acceptors (Lipinski definition) is 2. The molecule has 1 aromatic heterocycles. The topological polar surface area (TPSA) is 30.0 Å². The van der Waals surface area contributed by atoms with Gasteiger partial charge in [0, 0.05) is 4.47 Å². The van der Waals surface area contributed by atoms with Gasteiger partial charge < -0.3 is 0 Å². The molecule has 1 heterocycles. The molecule has 0 saturated carbocycles. The minimum absolute atomic E-state index is 0.189. The molecule has 1 aromatic rings. The lowest BCUT2D eigenvalue weighted by molar-refractivity contribution is 0.107. The molecule has 0 aliphatic rings. The van der Waals surface area contributed by atoms with E-state index in [0.29, 0.717) is 4.47 Å². The Balaban J connectivity index is 3.19. The molecule has 0 fully saturated rings. The predicted molar refractivity (Wildman–Crippen MR) is 47.1 cm³/mol. The monoisotopic (exact) mass is 269 g/mol. The second-order valence-corrected chi connectivity index (χ2v) is 3.43. The molecular formula is C7H3BrClF2NO. The van der Waals surface area contributed by atoms with Crippen molar-refractivity contribution >= 4 is 32.8 Å². The van der Waals surface area contributed by atoms with E-state index in [1.165, 1.54) is 6.07 Å². The average Bonchev–Trinajstić information content (AvgIpc) is 2.03. The first-order chi connectivity index (χ1) is 6.00. The summed E-state index contributed by atoms with van der Waals surface area (Å²) in [4.78, 5) is 14.0. The Morgan fingerprint density at radius 3 is 2.62 bits per heavy atom. The maximum absolute atomic E-state index is 12.2. The average molecular weight is 270 g/mol. The highest BCUT2D eigenvalue weighted by Crippen LogP contribution is 2.21. The van der Waals surface area contributed by atoms with E-state index in [1.807, 2.05) is 0 Å². The van der Waals surface area contributed by atoms with E-state index in [9.17, 15) is 13.6 Å². The molecule has 0 atom stereocenters. The first-order valence-corrected chi connectivity index (χ1v) is 4.33. The van der Waals surface area contributed by atoms with Gasteiger partial charge in [-0.25, -0.2) is 13.8 Å². The summed E-state index contributed by atoms with van der Waals surface area (Å²) in [6.07, 6.45) is -2.72. The number of alkyl halides is 2. The Morgan fingerprint density at radius 2 is 2.15 bits per heavy atom. The predicted octanol–water partition coefficient (Wildman–Crippen LogP) is 3.16. The summed E-state index contributed by atoms with van der Waals surface area (Å²) in [5.74, 6) is 0. The number of halogens is 4. The first-order valence-electron chi connectivity index (χ1n) is 3.16. The van der Waals surface area contributed by atoms with E-state index in [1.54, 1.807) is 0 Å². The molecule has 6 heteroatoms. The third-order valence-corrected chi connectivity index (χ3v) is 1.89. The second kappa shape index (κ2) is 4.11. The van der Waals surface area contributed by atoms with Crippen LogP contribution < -0.4 is 0 Å². The molecule has 0 saturated heterocycles. The van der Waals surface area contributed by atoms with Crippen molar-refractivity contribution in [1.82, 2.24) is 4.98 Å². The van der Waals surface area contributed by atoms with Gasteiger partial charge in [-0.2, -0.15) is 0 Å². The van der Waals surface area contributed by atoms with Crippen molar-refractivity contribution in [3.63, 3.8) is 0 Å². The van der Waals surface area contributed by atoms with E-state index in [2.05, 4.69) is 20.9 Å². The summed E-state index contributed by atoms with van der Waals surface area (Å²) in [6.45, 7) is 0.